The molecule has 4 atom stereocenters. The van der Waals surface area contributed by atoms with Gasteiger partial charge in [0.2, 0.25) is 20.0 Å². The van der Waals surface area contributed by atoms with E-state index in [1.807, 2.05) is 67.6 Å². The minimum Gasteiger partial charge on any atom is -0.299 e. The number of carbonyl (C=O) groups is 1. The molecule has 2 fully saturated rings. The van der Waals surface area contributed by atoms with Crippen LogP contribution in [0.4, 0.5) is 0 Å². The van der Waals surface area contributed by atoms with E-state index in [1.54, 1.807) is 55.5 Å². The van der Waals surface area contributed by atoms with Crippen molar-refractivity contribution in [3.8, 4) is 0 Å². The lowest BCUT2D eigenvalue weighted by Crippen LogP contribution is -2.60. The second-order valence-corrected chi connectivity index (χ2v) is 15.1. The summed E-state index contributed by atoms with van der Waals surface area (Å²) in [5, 5.41) is 0. The Bertz CT molecular complexity index is 1840. The van der Waals surface area contributed by atoms with Crippen LogP contribution >= 0.6 is 0 Å². The lowest BCUT2D eigenvalue weighted by molar-refractivity contribution is -0.132. The third-order valence-corrected chi connectivity index (χ3v) is 12.7. The van der Waals surface area contributed by atoms with Crippen molar-refractivity contribution in [2.75, 3.05) is 6.54 Å². The first-order valence-electron chi connectivity index (χ1n) is 14.4. The van der Waals surface area contributed by atoms with Crippen LogP contribution < -0.4 is 0 Å². The van der Waals surface area contributed by atoms with Gasteiger partial charge in [0.25, 0.3) is 0 Å². The lowest BCUT2D eigenvalue weighted by atomic mass is 9.77. The maximum Gasteiger partial charge on any atom is 0.243 e. The first-order chi connectivity index (χ1) is 20.6. The number of hydrogen-bond donors (Lipinski definition) is 0. The number of hydrogen-bond acceptors (Lipinski definition) is 5. The second-order valence-electron chi connectivity index (χ2n) is 11.4. The molecule has 2 aliphatic rings. The van der Waals surface area contributed by atoms with Gasteiger partial charge in [0, 0.05) is 24.9 Å². The van der Waals surface area contributed by atoms with E-state index >= 15 is 0 Å². The Morgan fingerprint density at radius 2 is 1.21 bits per heavy atom. The van der Waals surface area contributed by atoms with Gasteiger partial charge in [-0.05, 0) is 55.2 Å². The van der Waals surface area contributed by atoms with E-state index < -0.39 is 44.1 Å². The first-order valence-corrected chi connectivity index (χ1v) is 17.3. The van der Waals surface area contributed by atoms with E-state index in [0.29, 0.717) is 5.56 Å². The van der Waals surface area contributed by atoms with E-state index in [1.165, 1.54) is 8.61 Å². The van der Waals surface area contributed by atoms with Crippen molar-refractivity contribution in [1.29, 1.82) is 0 Å². The summed E-state index contributed by atoms with van der Waals surface area (Å²) in [5.41, 5.74) is 3.03. The van der Waals surface area contributed by atoms with Crippen molar-refractivity contribution in [1.82, 2.24) is 8.61 Å². The third-order valence-electron chi connectivity index (χ3n) is 8.74. The maximum atomic E-state index is 14.5. The average Bonchev–Trinajstić information content (AvgIpc) is 3.01. The molecule has 0 bridgehead atoms. The highest BCUT2D eigenvalue weighted by Gasteiger charge is 2.54. The number of fused-ring (bicyclic) bond motifs is 1. The monoisotopic (exact) mass is 614 g/mol. The topological polar surface area (TPSA) is 91.8 Å². The second kappa shape index (κ2) is 11.5. The number of benzene rings is 4. The van der Waals surface area contributed by atoms with Crippen molar-refractivity contribution in [2.24, 2.45) is 5.92 Å². The molecule has 2 unspecified atom stereocenters. The summed E-state index contributed by atoms with van der Waals surface area (Å²) in [7, 11) is -8.10. The summed E-state index contributed by atoms with van der Waals surface area (Å²) in [4.78, 5) is 14.3. The van der Waals surface area contributed by atoms with Crippen LogP contribution in [0.3, 0.4) is 0 Å². The Hall–Kier alpha value is -3.63. The molecule has 222 valence electrons. The minimum absolute atomic E-state index is 0.0372. The fourth-order valence-corrected chi connectivity index (χ4v) is 10.3. The van der Waals surface area contributed by atoms with Gasteiger partial charge in [-0.3, -0.25) is 4.79 Å². The number of sulfonamides is 2. The van der Waals surface area contributed by atoms with Gasteiger partial charge < -0.3 is 0 Å². The molecule has 0 saturated carbocycles. The van der Waals surface area contributed by atoms with Crippen LogP contribution in [0.25, 0.3) is 0 Å². The molecule has 0 N–H and O–H groups in total. The van der Waals surface area contributed by atoms with E-state index in [9.17, 15) is 21.6 Å². The number of carbonyl (C=O) groups excluding carboxylic acids is 1. The van der Waals surface area contributed by atoms with Crippen LogP contribution in [-0.4, -0.2) is 43.8 Å². The Balaban J connectivity index is 1.51. The smallest absolute Gasteiger partial charge is 0.243 e. The van der Waals surface area contributed by atoms with Gasteiger partial charge in [0.05, 0.1) is 21.9 Å². The molecule has 2 aliphatic heterocycles. The molecule has 2 heterocycles. The normalized spacial score (nSPS) is 23.5. The average molecular weight is 615 g/mol. The summed E-state index contributed by atoms with van der Waals surface area (Å²) >= 11 is 0. The van der Waals surface area contributed by atoms with Crippen molar-refractivity contribution in [3.63, 3.8) is 0 Å². The lowest BCUT2D eigenvalue weighted by Gasteiger charge is -2.51. The minimum atomic E-state index is -4.07. The highest BCUT2D eigenvalue weighted by Crippen LogP contribution is 2.48. The summed E-state index contributed by atoms with van der Waals surface area (Å²) in [6, 6.07) is 29.9. The molecule has 0 aliphatic carbocycles. The molecule has 9 heteroatoms. The van der Waals surface area contributed by atoms with Gasteiger partial charge in [-0.25, -0.2) is 16.8 Å². The van der Waals surface area contributed by atoms with Crippen LogP contribution in [-0.2, 0) is 24.8 Å². The summed E-state index contributed by atoms with van der Waals surface area (Å²) in [6.07, 6.45) is 0.102. The highest BCUT2D eigenvalue weighted by atomic mass is 32.2. The van der Waals surface area contributed by atoms with E-state index in [0.717, 1.165) is 16.7 Å². The molecule has 43 heavy (non-hydrogen) atoms. The highest BCUT2D eigenvalue weighted by molar-refractivity contribution is 7.89. The van der Waals surface area contributed by atoms with Crippen LogP contribution in [0.1, 0.15) is 47.2 Å². The zero-order valence-electron chi connectivity index (χ0n) is 24.1. The third kappa shape index (κ3) is 5.35. The predicted octanol–water partition coefficient (Wildman–Crippen LogP) is 5.83. The number of nitrogens with zero attached hydrogens (tertiary/aromatic N) is 2. The predicted molar refractivity (Wildman–Crippen MR) is 165 cm³/mol. The number of Topliss-reactive ketones (excluding diaryl/α,β-unsaturated/α-hetero) is 1. The van der Waals surface area contributed by atoms with Gasteiger partial charge in [0.1, 0.15) is 5.78 Å². The standard InChI is InChI=1S/C34H34N2O5S2/c1-24-17-19-28(20-18-24)42(38,39)36-31(27-14-7-4-8-15-27)22-33(37)29-23-35(43(40,41)34-16-10-9-11-25(34)2)30(21-32(29)36)26-12-5-3-6-13-26/h3-20,29-32H,21-23H2,1-2H3/t29-,30?,31?,32+/m1/s1. The number of piperidine rings is 2. The molecule has 0 aromatic heterocycles. The van der Waals surface area contributed by atoms with Gasteiger partial charge in [-0.1, -0.05) is 96.6 Å². The molecule has 0 amide bonds. The van der Waals surface area contributed by atoms with Crippen LogP contribution in [0.15, 0.2) is 119 Å². The molecular weight excluding hydrogens is 581 g/mol. The Kier molecular flexibility index (Phi) is 7.85. The molecular formula is C34H34N2O5S2. The maximum absolute atomic E-state index is 14.5. The molecule has 4 aromatic rings. The van der Waals surface area contributed by atoms with Crippen LogP contribution in [0, 0.1) is 19.8 Å². The summed E-state index contributed by atoms with van der Waals surface area (Å²) < 4.78 is 60.5. The Labute approximate surface area is 253 Å². The van der Waals surface area contributed by atoms with Crippen molar-refractivity contribution >= 4 is 25.8 Å². The van der Waals surface area contributed by atoms with E-state index in [4.69, 9.17) is 0 Å². The Morgan fingerprint density at radius 3 is 1.81 bits per heavy atom. The zero-order chi connectivity index (χ0) is 30.4. The summed E-state index contributed by atoms with van der Waals surface area (Å²) in [5.74, 6) is -0.954. The zero-order valence-corrected chi connectivity index (χ0v) is 25.7. The van der Waals surface area contributed by atoms with Crippen molar-refractivity contribution < 1.29 is 21.6 Å². The Morgan fingerprint density at radius 1 is 0.651 bits per heavy atom. The van der Waals surface area contributed by atoms with Crippen molar-refractivity contribution in [3.05, 3.63) is 131 Å². The summed E-state index contributed by atoms with van der Waals surface area (Å²) in [6.45, 7) is 3.54. The number of ketones is 1. The molecule has 4 aromatic carbocycles. The molecule has 7 nitrogen and oxygen atoms in total. The SMILES string of the molecule is Cc1ccc(S(=O)(=O)N2C(c3ccccc3)CC(=O)[C@@H]3CN(S(=O)(=O)c4ccccc4C)C(c4ccccc4)C[C@@H]32)cc1. The van der Waals surface area contributed by atoms with E-state index in [-0.39, 0.29) is 35.0 Å². The first kappa shape index (κ1) is 29.4. The van der Waals surface area contributed by atoms with Crippen molar-refractivity contribution in [2.45, 2.75) is 54.6 Å². The molecule has 6 rings (SSSR count). The quantitative estimate of drug-likeness (QED) is 0.273. The molecule has 0 spiro atoms. The fraction of sp³-hybridized carbons (Fsp3) is 0.265. The number of rotatable bonds is 6. The number of aryl methyl sites for hydroxylation is 2. The van der Waals surface area contributed by atoms with Gasteiger partial charge in [0.15, 0.2) is 0 Å². The van der Waals surface area contributed by atoms with E-state index in [2.05, 4.69) is 0 Å². The molecule has 0 radical (unpaired) electrons. The van der Waals surface area contributed by atoms with Crippen LogP contribution in [0.5, 0.6) is 0 Å². The van der Waals surface area contributed by atoms with Gasteiger partial charge in [-0.15, -0.1) is 0 Å². The fourth-order valence-electron chi connectivity index (χ4n) is 6.55. The largest absolute Gasteiger partial charge is 0.299 e. The van der Waals surface area contributed by atoms with Gasteiger partial charge in [-0.2, -0.15) is 8.61 Å². The molecule has 2 saturated heterocycles. The van der Waals surface area contributed by atoms with Crippen LogP contribution in [0.2, 0.25) is 0 Å². The van der Waals surface area contributed by atoms with Gasteiger partial charge >= 0.3 is 0 Å².